The van der Waals surface area contributed by atoms with Gasteiger partial charge in [0.25, 0.3) is 0 Å². The Labute approximate surface area is 87.1 Å². The molecule has 0 spiro atoms. The molecule has 0 bridgehead atoms. The number of halogens is 1. The first-order valence-corrected chi connectivity index (χ1v) is 4.50. The third kappa shape index (κ3) is 3.05. The fourth-order valence-corrected chi connectivity index (χ4v) is 1.36. The smallest absolute Gasteiger partial charge is 0.311 e. The molecule has 0 aliphatic heterocycles. The molecule has 4 nitrogen and oxygen atoms in total. The molecular weight excluding hydrogens is 206 g/mol. The van der Waals surface area contributed by atoms with Gasteiger partial charge in [-0.05, 0) is 31.8 Å². The van der Waals surface area contributed by atoms with E-state index >= 15 is 0 Å². The van der Waals surface area contributed by atoms with Gasteiger partial charge in [-0.15, -0.1) is 0 Å². The van der Waals surface area contributed by atoms with E-state index < -0.39 is 5.97 Å². The third-order valence-electron chi connectivity index (χ3n) is 1.62. The normalized spacial score (nSPS) is 10.9. The van der Waals surface area contributed by atoms with E-state index in [1.165, 1.54) is 0 Å². The number of furan rings is 1. The van der Waals surface area contributed by atoms with E-state index in [0.717, 1.165) is 5.56 Å². The highest BCUT2D eigenvalue weighted by Crippen LogP contribution is 2.22. The fourth-order valence-electron chi connectivity index (χ4n) is 1.15. The van der Waals surface area contributed by atoms with Crippen LogP contribution in [0.25, 0.3) is 0 Å². The zero-order valence-electron chi connectivity index (χ0n) is 8.08. The van der Waals surface area contributed by atoms with E-state index in [2.05, 4.69) is 0 Å². The Morgan fingerprint density at radius 3 is 2.79 bits per heavy atom. The highest BCUT2D eigenvalue weighted by Gasteiger charge is 2.11. The molecule has 0 radical (unpaired) electrons. The minimum Gasteiger partial charge on any atom is -0.481 e. The van der Waals surface area contributed by atoms with E-state index in [0.29, 0.717) is 12.3 Å². The van der Waals surface area contributed by atoms with Gasteiger partial charge in [-0.2, -0.15) is 0 Å². The molecule has 1 rings (SSSR count). The molecule has 14 heavy (non-hydrogen) atoms. The monoisotopic (exact) mass is 217 g/mol. The van der Waals surface area contributed by atoms with E-state index in [-0.39, 0.29) is 11.6 Å². The van der Waals surface area contributed by atoms with Crippen molar-refractivity contribution in [2.24, 2.45) is 0 Å². The number of carboxylic acids is 1. The summed E-state index contributed by atoms with van der Waals surface area (Å²) in [6.45, 7) is 0.641. The van der Waals surface area contributed by atoms with E-state index in [4.69, 9.17) is 21.1 Å². The number of rotatable bonds is 4. The molecule has 0 saturated carbocycles. The summed E-state index contributed by atoms with van der Waals surface area (Å²) in [6.07, 6.45) is -0.132. The fraction of sp³-hybridized carbons (Fsp3) is 0.444. The minimum absolute atomic E-state index is 0.132. The van der Waals surface area contributed by atoms with Gasteiger partial charge in [0.15, 0.2) is 5.22 Å². The van der Waals surface area contributed by atoms with Crippen molar-refractivity contribution in [1.82, 2.24) is 4.90 Å². The summed E-state index contributed by atoms with van der Waals surface area (Å²) in [5, 5.41) is 8.81. The molecule has 0 aromatic carbocycles. The highest BCUT2D eigenvalue weighted by atomic mass is 35.5. The van der Waals surface area contributed by atoms with E-state index in [9.17, 15) is 4.79 Å². The van der Waals surface area contributed by atoms with Crippen LogP contribution < -0.4 is 0 Å². The molecule has 1 aromatic rings. The Morgan fingerprint density at radius 1 is 1.64 bits per heavy atom. The highest BCUT2D eigenvalue weighted by molar-refractivity contribution is 6.29. The Kier molecular flexibility index (Phi) is 3.55. The summed E-state index contributed by atoms with van der Waals surface area (Å²) >= 11 is 5.79. The SMILES string of the molecule is CN(C)Cc1cc(CC(=O)O)oc1Cl. The van der Waals surface area contributed by atoms with Crippen LogP contribution in [0.2, 0.25) is 5.22 Å². The van der Waals surface area contributed by atoms with Crippen LogP contribution in [0.1, 0.15) is 11.3 Å². The van der Waals surface area contributed by atoms with Crippen molar-refractivity contribution in [3.63, 3.8) is 0 Å². The zero-order chi connectivity index (χ0) is 10.7. The number of carboxylic acid groups (broad SMARTS) is 1. The van der Waals surface area contributed by atoms with Crippen LogP contribution >= 0.6 is 11.6 Å². The van der Waals surface area contributed by atoms with Gasteiger partial charge in [0.2, 0.25) is 0 Å². The molecule has 0 atom stereocenters. The molecule has 0 aliphatic carbocycles. The maximum atomic E-state index is 10.4. The molecule has 1 aromatic heterocycles. The number of carbonyl (C=O) groups is 1. The summed E-state index contributed by atoms with van der Waals surface area (Å²) in [5.41, 5.74) is 0.813. The number of hydrogen-bond donors (Lipinski definition) is 1. The molecule has 0 aliphatic rings. The lowest BCUT2D eigenvalue weighted by Crippen LogP contribution is -2.10. The Hall–Kier alpha value is -1.00. The van der Waals surface area contributed by atoms with Gasteiger partial charge in [0.05, 0.1) is 0 Å². The maximum absolute atomic E-state index is 10.4. The molecular formula is C9H12ClNO3. The van der Waals surface area contributed by atoms with Crippen molar-refractivity contribution in [2.75, 3.05) is 14.1 Å². The molecule has 0 saturated heterocycles. The minimum atomic E-state index is -0.924. The summed E-state index contributed by atoms with van der Waals surface area (Å²) < 4.78 is 5.08. The van der Waals surface area contributed by atoms with Crippen LogP contribution in [-0.4, -0.2) is 30.1 Å². The predicted molar refractivity (Wildman–Crippen MR) is 52.4 cm³/mol. The van der Waals surface area contributed by atoms with E-state index in [1.807, 2.05) is 19.0 Å². The second-order valence-electron chi connectivity index (χ2n) is 3.32. The summed E-state index contributed by atoms with van der Waals surface area (Å²) in [5.74, 6) is -0.536. The number of hydrogen-bond acceptors (Lipinski definition) is 3. The van der Waals surface area contributed by atoms with Crippen LogP contribution in [0.15, 0.2) is 10.5 Å². The van der Waals surface area contributed by atoms with Gasteiger partial charge < -0.3 is 14.4 Å². The van der Waals surface area contributed by atoms with Crippen molar-refractivity contribution < 1.29 is 14.3 Å². The number of aliphatic carboxylic acids is 1. The Morgan fingerprint density at radius 2 is 2.29 bits per heavy atom. The largest absolute Gasteiger partial charge is 0.481 e. The summed E-state index contributed by atoms with van der Waals surface area (Å²) in [6, 6.07) is 1.68. The first-order chi connectivity index (χ1) is 6.49. The molecule has 1 N–H and O–H groups in total. The second-order valence-corrected chi connectivity index (χ2v) is 3.66. The average molecular weight is 218 g/mol. The molecule has 1 heterocycles. The molecule has 78 valence electrons. The number of nitrogens with zero attached hydrogens (tertiary/aromatic N) is 1. The maximum Gasteiger partial charge on any atom is 0.311 e. The van der Waals surface area contributed by atoms with Crippen molar-refractivity contribution >= 4 is 17.6 Å². The average Bonchev–Trinajstić information content (AvgIpc) is 2.28. The zero-order valence-corrected chi connectivity index (χ0v) is 8.84. The van der Waals surface area contributed by atoms with Crippen molar-refractivity contribution in [1.29, 1.82) is 0 Å². The summed E-state index contributed by atoms with van der Waals surface area (Å²) in [7, 11) is 3.81. The van der Waals surface area contributed by atoms with Gasteiger partial charge in [-0.25, -0.2) is 0 Å². The lowest BCUT2D eigenvalue weighted by Gasteiger charge is -2.06. The molecule has 0 amide bonds. The quantitative estimate of drug-likeness (QED) is 0.833. The lowest BCUT2D eigenvalue weighted by atomic mass is 10.2. The van der Waals surface area contributed by atoms with Crippen molar-refractivity contribution in [3.8, 4) is 0 Å². The van der Waals surface area contributed by atoms with Gasteiger partial charge in [-0.3, -0.25) is 4.79 Å². The van der Waals surface area contributed by atoms with Gasteiger partial charge in [0, 0.05) is 12.1 Å². The van der Waals surface area contributed by atoms with Crippen LogP contribution in [0.5, 0.6) is 0 Å². The van der Waals surface area contributed by atoms with Crippen molar-refractivity contribution in [3.05, 3.63) is 22.6 Å². The van der Waals surface area contributed by atoms with E-state index in [1.54, 1.807) is 6.07 Å². The standard InChI is InChI=1S/C9H12ClNO3/c1-11(2)5-6-3-7(4-8(12)13)14-9(6)10/h3H,4-5H2,1-2H3,(H,12,13). The predicted octanol–water partition coefficient (Wildman–Crippen LogP) is 1.62. The first-order valence-electron chi connectivity index (χ1n) is 4.12. The topological polar surface area (TPSA) is 53.7 Å². The molecule has 5 heteroatoms. The molecule has 0 fully saturated rings. The second kappa shape index (κ2) is 4.48. The third-order valence-corrected chi connectivity index (χ3v) is 1.94. The Bertz CT molecular complexity index is 333. The van der Waals surface area contributed by atoms with Crippen LogP contribution in [-0.2, 0) is 17.8 Å². The van der Waals surface area contributed by atoms with Gasteiger partial charge in [-0.1, -0.05) is 0 Å². The summed E-state index contributed by atoms with van der Waals surface area (Å²) in [4.78, 5) is 12.3. The van der Waals surface area contributed by atoms with Crippen LogP contribution in [0.3, 0.4) is 0 Å². The van der Waals surface area contributed by atoms with Crippen LogP contribution in [0, 0.1) is 0 Å². The van der Waals surface area contributed by atoms with Crippen LogP contribution in [0.4, 0.5) is 0 Å². The Balaban J connectivity index is 2.76. The van der Waals surface area contributed by atoms with Crippen molar-refractivity contribution in [2.45, 2.75) is 13.0 Å². The first kappa shape index (κ1) is 11.1. The van der Waals surface area contributed by atoms with Gasteiger partial charge in [0.1, 0.15) is 12.2 Å². The van der Waals surface area contributed by atoms with Gasteiger partial charge >= 0.3 is 5.97 Å². The lowest BCUT2D eigenvalue weighted by molar-refractivity contribution is -0.136. The molecule has 0 unspecified atom stereocenters.